The fraction of sp³-hybridized carbons (Fsp3) is 1.00. The second-order valence-electron chi connectivity index (χ2n) is 4.66. The second-order valence-corrected chi connectivity index (χ2v) is 6.24. The third-order valence-electron chi connectivity index (χ3n) is 3.21. The van der Waals surface area contributed by atoms with Gasteiger partial charge in [0.25, 0.3) is 10.2 Å². The molecule has 3 N–H and O–H groups in total. The van der Waals surface area contributed by atoms with Crippen molar-refractivity contribution >= 4 is 10.2 Å². The largest absolute Gasteiger partial charge is 0.402 e. The maximum absolute atomic E-state index is 11.9. The number of hydrogen-bond donors (Lipinski definition) is 3. The van der Waals surface area contributed by atoms with Crippen molar-refractivity contribution in [1.29, 1.82) is 0 Å². The summed E-state index contributed by atoms with van der Waals surface area (Å²) >= 11 is 0. The van der Waals surface area contributed by atoms with Crippen LogP contribution in [0.15, 0.2) is 0 Å². The summed E-state index contributed by atoms with van der Waals surface area (Å²) in [5, 5.41) is 3.19. The van der Waals surface area contributed by atoms with Crippen molar-refractivity contribution < 1.29 is 21.6 Å². The van der Waals surface area contributed by atoms with Crippen LogP contribution >= 0.6 is 0 Å². The van der Waals surface area contributed by atoms with Crippen LogP contribution in [0.2, 0.25) is 0 Å². The number of nitrogens with one attached hydrogen (secondary N) is 3. The van der Waals surface area contributed by atoms with E-state index in [1.54, 1.807) is 0 Å². The van der Waals surface area contributed by atoms with Crippen LogP contribution in [0.3, 0.4) is 0 Å². The molecule has 2 unspecified atom stereocenters. The van der Waals surface area contributed by atoms with E-state index in [0.29, 0.717) is 5.92 Å². The molecule has 114 valence electrons. The third-order valence-corrected chi connectivity index (χ3v) is 4.28. The normalized spacial score (nSPS) is 25.5. The number of piperidine rings is 1. The van der Waals surface area contributed by atoms with Gasteiger partial charge in [-0.2, -0.15) is 26.3 Å². The molecule has 9 heteroatoms. The second kappa shape index (κ2) is 6.87. The molecular formula is C10H20F3N3O2S. The Kier molecular flexibility index (Phi) is 6.03. The molecule has 1 aliphatic rings. The van der Waals surface area contributed by atoms with Gasteiger partial charge in [-0.15, -0.1) is 0 Å². The summed E-state index contributed by atoms with van der Waals surface area (Å²) in [4.78, 5) is 0. The van der Waals surface area contributed by atoms with Crippen LogP contribution in [0, 0.1) is 5.92 Å². The molecule has 0 spiro atoms. The summed E-state index contributed by atoms with van der Waals surface area (Å²) in [6.45, 7) is 1.36. The molecule has 0 amide bonds. The van der Waals surface area contributed by atoms with Gasteiger partial charge in [-0.25, -0.2) is 4.72 Å². The SMILES string of the molecule is CCC1CCCNC1CNS(=O)(=O)NCC(F)(F)F. The Hall–Kier alpha value is -0.380. The molecular weight excluding hydrogens is 283 g/mol. The maximum atomic E-state index is 11.9. The van der Waals surface area contributed by atoms with Gasteiger partial charge in [-0.3, -0.25) is 0 Å². The van der Waals surface area contributed by atoms with Crippen molar-refractivity contribution in [3.8, 4) is 0 Å². The number of rotatable bonds is 6. The molecule has 5 nitrogen and oxygen atoms in total. The van der Waals surface area contributed by atoms with E-state index in [1.807, 2.05) is 6.92 Å². The van der Waals surface area contributed by atoms with Crippen molar-refractivity contribution in [3.63, 3.8) is 0 Å². The Morgan fingerprint density at radius 3 is 2.58 bits per heavy atom. The molecule has 19 heavy (non-hydrogen) atoms. The lowest BCUT2D eigenvalue weighted by atomic mass is 9.89. The monoisotopic (exact) mass is 303 g/mol. The van der Waals surface area contributed by atoms with Crippen molar-refractivity contribution in [2.75, 3.05) is 19.6 Å². The molecule has 0 aliphatic carbocycles. The summed E-state index contributed by atoms with van der Waals surface area (Å²) in [7, 11) is -4.11. The first kappa shape index (κ1) is 16.7. The predicted octanol–water partition coefficient (Wildman–Crippen LogP) is 0.751. The zero-order chi connectivity index (χ0) is 14.5. The van der Waals surface area contributed by atoms with Gasteiger partial charge in [-0.1, -0.05) is 13.3 Å². The lowest BCUT2D eigenvalue weighted by molar-refractivity contribution is -0.121. The topological polar surface area (TPSA) is 70.2 Å². The van der Waals surface area contributed by atoms with Gasteiger partial charge in [0.15, 0.2) is 0 Å². The van der Waals surface area contributed by atoms with Gasteiger partial charge in [0, 0.05) is 12.6 Å². The van der Waals surface area contributed by atoms with Crippen molar-refractivity contribution in [2.24, 2.45) is 5.92 Å². The third kappa shape index (κ3) is 6.55. The standard InChI is InChI=1S/C10H20F3N3O2S/c1-2-8-4-3-5-14-9(8)6-15-19(17,18)16-7-10(11,12)13/h8-9,14-16H,2-7H2,1H3. The molecule has 1 fully saturated rings. The van der Waals surface area contributed by atoms with Crippen LogP contribution in [0.25, 0.3) is 0 Å². The molecule has 0 saturated carbocycles. The Morgan fingerprint density at radius 1 is 1.32 bits per heavy atom. The average Bonchev–Trinajstić information content (AvgIpc) is 2.34. The molecule has 1 heterocycles. The van der Waals surface area contributed by atoms with Crippen molar-refractivity contribution in [3.05, 3.63) is 0 Å². The van der Waals surface area contributed by atoms with Crippen LogP contribution in [0.5, 0.6) is 0 Å². The Balaban J connectivity index is 2.41. The minimum absolute atomic E-state index is 0.0267. The summed E-state index contributed by atoms with van der Waals surface area (Å²) < 4.78 is 62.2. The lowest BCUT2D eigenvalue weighted by Gasteiger charge is -2.32. The molecule has 0 aromatic rings. The van der Waals surface area contributed by atoms with Crippen molar-refractivity contribution in [2.45, 2.75) is 38.4 Å². The first-order valence-corrected chi connectivity index (χ1v) is 7.76. The number of hydrogen-bond acceptors (Lipinski definition) is 3. The molecule has 0 bridgehead atoms. The molecule has 0 aromatic carbocycles. The summed E-state index contributed by atoms with van der Waals surface area (Å²) in [5.74, 6) is 0.346. The Morgan fingerprint density at radius 2 is 2.00 bits per heavy atom. The number of alkyl halides is 3. The highest BCUT2D eigenvalue weighted by Gasteiger charge is 2.30. The quantitative estimate of drug-likeness (QED) is 0.678. The first-order chi connectivity index (χ1) is 8.73. The van der Waals surface area contributed by atoms with Gasteiger partial charge in [-0.05, 0) is 25.3 Å². The zero-order valence-electron chi connectivity index (χ0n) is 10.8. The minimum atomic E-state index is -4.55. The van der Waals surface area contributed by atoms with E-state index in [4.69, 9.17) is 0 Å². The molecule has 0 aromatic heterocycles. The van der Waals surface area contributed by atoms with Crippen LogP contribution < -0.4 is 14.8 Å². The van der Waals surface area contributed by atoms with Crippen LogP contribution in [-0.2, 0) is 10.2 Å². The van der Waals surface area contributed by atoms with Gasteiger partial charge in [0.2, 0.25) is 0 Å². The highest BCUT2D eigenvalue weighted by atomic mass is 32.2. The molecule has 2 atom stereocenters. The van der Waals surface area contributed by atoms with Gasteiger partial charge in [0.05, 0.1) is 0 Å². The van der Waals surface area contributed by atoms with Crippen molar-refractivity contribution in [1.82, 2.24) is 14.8 Å². The zero-order valence-corrected chi connectivity index (χ0v) is 11.6. The van der Waals surface area contributed by atoms with E-state index in [0.717, 1.165) is 25.8 Å². The fourth-order valence-electron chi connectivity index (χ4n) is 2.17. The summed E-state index contributed by atoms with van der Waals surface area (Å²) in [5.41, 5.74) is 0. The Labute approximate surface area is 111 Å². The molecule has 1 rings (SSSR count). The highest BCUT2D eigenvalue weighted by molar-refractivity contribution is 7.87. The van der Waals surface area contributed by atoms with Gasteiger partial charge in [0.1, 0.15) is 6.54 Å². The number of halogens is 3. The van der Waals surface area contributed by atoms with E-state index in [9.17, 15) is 21.6 Å². The molecule has 0 radical (unpaired) electrons. The average molecular weight is 303 g/mol. The van der Waals surface area contributed by atoms with E-state index in [-0.39, 0.29) is 12.6 Å². The predicted molar refractivity (Wildman–Crippen MR) is 65.8 cm³/mol. The summed E-state index contributed by atoms with van der Waals surface area (Å²) in [6.07, 6.45) is -1.60. The molecule has 1 saturated heterocycles. The van der Waals surface area contributed by atoms with Crippen LogP contribution in [-0.4, -0.2) is 40.3 Å². The van der Waals surface area contributed by atoms with Crippen LogP contribution in [0.4, 0.5) is 13.2 Å². The molecule has 1 aliphatic heterocycles. The fourth-order valence-corrected chi connectivity index (χ4v) is 3.03. The highest BCUT2D eigenvalue weighted by Crippen LogP contribution is 2.19. The van der Waals surface area contributed by atoms with E-state index in [1.165, 1.54) is 4.72 Å². The van der Waals surface area contributed by atoms with E-state index in [2.05, 4.69) is 10.0 Å². The summed E-state index contributed by atoms with van der Waals surface area (Å²) in [6, 6.07) is -0.0267. The van der Waals surface area contributed by atoms with Crippen LogP contribution in [0.1, 0.15) is 26.2 Å². The smallest absolute Gasteiger partial charge is 0.312 e. The van der Waals surface area contributed by atoms with E-state index < -0.39 is 22.9 Å². The Bertz CT molecular complexity index is 373. The first-order valence-electron chi connectivity index (χ1n) is 6.28. The minimum Gasteiger partial charge on any atom is -0.312 e. The van der Waals surface area contributed by atoms with Gasteiger partial charge >= 0.3 is 6.18 Å². The lowest BCUT2D eigenvalue weighted by Crippen LogP contribution is -2.51. The van der Waals surface area contributed by atoms with Gasteiger partial charge < -0.3 is 5.32 Å². The van der Waals surface area contributed by atoms with E-state index >= 15 is 0 Å². The maximum Gasteiger partial charge on any atom is 0.402 e.